The number of nitrogens with two attached hydrogens (primary N) is 1. The molecule has 2 aliphatic rings. The molecule has 17 nitrogen and oxygen atoms in total. The van der Waals surface area contributed by atoms with Gasteiger partial charge < -0.3 is 71.3 Å². The molecule has 2 heterocycles. The zero-order chi connectivity index (χ0) is 29.7. The van der Waals surface area contributed by atoms with Crippen molar-refractivity contribution in [2.24, 2.45) is 11.0 Å². The molecule has 2 saturated heterocycles. The molecule has 0 aromatic carbocycles. The molecule has 2 fully saturated rings. The van der Waals surface area contributed by atoms with Gasteiger partial charge in [-0.25, -0.2) is 0 Å². The van der Waals surface area contributed by atoms with Crippen molar-refractivity contribution in [1.82, 2.24) is 15.6 Å². The van der Waals surface area contributed by atoms with Crippen LogP contribution in [0, 0.1) is 10.4 Å². The Balaban J connectivity index is 1.98. The van der Waals surface area contributed by atoms with Gasteiger partial charge >= 0.3 is 0 Å². The fourth-order valence-electron chi connectivity index (χ4n) is 4.76. The number of aliphatic hydroxyl groups excluding tert-OH is 5. The first-order chi connectivity index (χ1) is 19.2. The smallest absolute Gasteiger partial charge is 0.187 e. The minimum Gasteiger partial charge on any atom is -0.737 e. The van der Waals surface area contributed by atoms with Crippen molar-refractivity contribution in [3.8, 4) is 0 Å². The lowest BCUT2D eigenvalue weighted by Crippen LogP contribution is -2.65. The van der Waals surface area contributed by atoms with Crippen molar-refractivity contribution >= 4 is 0 Å². The van der Waals surface area contributed by atoms with E-state index in [1.165, 1.54) is 14.0 Å². The summed E-state index contributed by atoms with van der Waals surface area (Å²) < 4.78 is 22.3. The lowest BCUT2D eigenvalue weighted by Gasteiger charge is -2.46. The van der Waals surface area contributed by atoms with Gasteiger partial charge in [0.05, 0.1) is 19.3 Å². The van der Waals surface area contributed by atoms with Crippen molar-refractivity contribution in [2.75, 3.05) is 59.5 Å². The molecule has 9 N–H and O–H groups in total. The molecule has 0 spiro atoms. The van der Waals surface area contributed by atoms with Crippen LogP contribution in [-0.2, 0) is 18.9 Å². The fourth-order valence-corrected chi connectivity index (χ4v) is 4.76. The van der Waals surface area contributed by atoms with Crippen LogP contribution in [0.3, 0.4) is 0 Å². The summed E-state index contributed by atoms with van der Waals surface area (Å²) in [6, 6.07) is 0. The first-order valence-corrected chi connectivity index (χ1v) is 13.7. The Bertz CT molecular complexity index is 727. The minimum absolute atomic E-state index is 0.114. The molecule has 17 heteroatoms. The molecule has 40 heavy (non-hydrogen) atoms. The minimum atomic E-state index is -1.65. The topological polar surface area (TPSA) is 253 Å². The Labute approximate surface area is 234 Å². The van der Waals surface area contributed by atoms with E-state index in [2.05, 4.69) is 15.9 Å². The van der Waals surface area contributed by atoms with E-state index >= 15 is 0 Å². The van der Waals surface area contributed by atoms with E-state index in [0.29, 0.717) is 19.5 Å². The van der Waals surface area contributed by atoms with Gasteiger partial charge in [0, 0.05) is 12.1 Å². The maximum atomic E-state index is 12.2. The lowest BCUT2D eigenvalue weighted by molar-refractivity contribution is -0.692. The van der Waals surface area contributed by atoms with Crippen LogP contribution in [0.15, 0.2) is 5.28 Å². The third kappa shape index (κ3) is 9.81. The van der Waals surface area contributed by atoms with E-state index in [9.17, 15) is 35.9 Å². The highest BCUT2D eigenvalue weighted by atomic mass is 16.7. The molecule has 0 aromatic rings. The van der Waals surface area contributed by atoms with Crippen molar-refractivity contribution in [1.29, 1.82) is 0 Å². The number of nitrogens with zero attached hydrogens (tertiary/aromatic N) is 3. The Morgan fingerprint density at radius 3 is 2.15 bits per heavy atom. The van der Waals surface area contributed by atoms with Crippen LogP contribution >= 0.6 is 0 Å². The van der Waals surface area contributed by atoms with E-state index in [4.69, 9.17) is 24.7 Å². The summed E-state index contributed by atoms with van der Waals surface area (Å²) in [6.45, 7) is 4.48. The number of hydrogen-bond acceptors (Lipinski definition) is 15. The summed E-state index contributed by atoms with van der Waals surface area (Å²) in [5, 5.41) is 85.0. The maximum Gasteiger partial charge on any atom is 0.187 e. The van der Waals surface area contributed by atoms with E-state index in [-0.39, 0.29) is 18.1 Å². The molecule has 0 aliphatic carbocycles. The first-order valence-electron chi connectivity index (χ1n) is 13.7. The van der Waals surface area contributed by atoms with Crippen molar-refractivity contribution in [3.63, 3.8) is 0 Å². The molecule has 2 aliphatic heterocycles. The number of ether oxygens (including phenoxy) is 4. The number of methoxy groups -OCH3 is 1. The normalized spacial score (nSPS) is 35.1. The summed E-state index contributed by atoms with van der Waals surface area (Å²) in [5.41, 5.74) is 5.45. The molecule has 10 atom stereocenters. The largest absolute Gasteiger partial charge is 0.737 e. The number of nitrogens with one attached hydrogen (secondary N) is 2. The molecule has 236 valence electrons. The van der Waals surface area contributed by atoms with Gasteiger partial charge in [-0.3, -0.25) is 0 Å². The van der Waals surface area contributed by atoms with Gasteiger partial charge in [-0.2, -0.15) is 0 Å². The van der Waals surface area contributed by atoms with Crippen LogP contribution in [0.1, 0.15) is 26.2 Å². The Hall–Kier alpha value is -1.48. The third-order valence-electron chi connectivity index (χ3n) is 7.04. The Morgan fingerprint density at radius 2 is 1.55 bits per heavy atom. The van der Waals surface area contributed by atoms with Crippen molar-refractivity contribution < 1.29 is 49.4 Å². The summed E-state index contributed by atoms with van der Waals surface area (Å²) in [5.74, 6) is 0. The van der Waals surface area contributed by atoms with Crippen LogP contribution < -0.4 is 16.4 Å². The Kier molecular flexibility index (Phi) is 15.7. The highest BCUT2D eigenvalue weighted by Gasteiger charge is 2.50. The average Bonchev–Trinajstić information content (AvgIpc) is 2.95. The van der Waals surface area contributed by atoms with E-state index in [1.807, 2.05) is 0 Å². The first kappa shape index (κ1) is 34.7. The molecule has 0 saturated carbocycles. The summed E-state index contributed by atoms with van der Waals surface area (Å²) in [4.78, 5) is -0.122. The molecule has 1 unspecified atom stereocenters. The van der Waals surface area contributed by atoms with E-state index in [1.54, 1.807) is 0 Å². The lowest BCUT2D eigenvalue weighted by atomic mass is 9.94. The zero-order valence-corrected chi connectivity index (χ0v) is 23.2. The molecule has 0 radical (unpaired) electrons. The van der Waals surface area contributed by atoms with Crippen molar-refractivity contribution in [3.05, 3.63) is 10.4 Å². The summed E-state index contributed by atoms with van der Waals surface area (Å²) in [7, 11) is 1.28. The molecule has 0 amide bonds. The quantitative estimate of drug-likeness (QED) is 0.0335. The van der Waals surface area contributed by atoms with Gasteiger partial charge in [0.2, 0.25) is 0 Å². The highest BCUT2D eigenvalue weighted by Crippen LogP contribution is 2.30. The van der Waals surface area contributed by atoms with Gasteiger partial charge in [0.25, 0.3) is 0 Å². The molecule has 2 rings (SSSR count). The van der Waals surface area contributed by atoms with Crippen LogP contribution in [0.2, 0.25) is 0 Å². The monoisotopic (exact) mass is 583 g/mol. The number of hydrogen-bond donors (Lipinski definition) is 8. The highest BCUT2D eigenvalue weighted by molar-refractivity contribution is 4.95. The molecule has 0 bridgehead atoms. The SMILES string of the molecule is CO[C@H]1[C@H](O)[C@@H](O)[C@@H](OC2[C@@H](CO)O[C@H](C)[C@H](O)[C@H]2O)O[C@@H]1CN(CCCNCCCNCCCN)/[N+]([O-])=N/[O-]. The van der Waals surface area contributed by atoms with Crippen molar-refractivity contribution in [2.45, 2.75) is 87.4 Å². The van der Waals surface area contributed by atoms with Gasteiger partial charge in [-0.15, -0.1) is 5.01 Å². The number of aliphatic hydroxyl groups is 5. The Morgan fingerprint density at radius 1 is 0.925 bits per heavy atom. The van der Waals surface area contributed by atoms with Crippen LogP contribution in [0.25, 0.3) is 0 Å². The molecular formula is C23H47N6O11-. The van der Waals surface area contributed by atoms with Gasteiger partial charge in [0.15, 0.2) is 6.29 Å². The summed E-state index contributed by atoms with van der Waals surface area (Å²) in [6.07, 6.45) is -10.7. The average molecular weight is 584 g/mol. The number of hydrazine groups is 1. The summed E-state index contributed by atoms with van der Waals surface area (Å²) >= 11 is 0. The standard InChI is InChI=1S/C23H48N6O11/c1-14-17(31)18(32)22(16(13-30)38-14)40-23-20(34)19(33)21(37-2)15(39-23)12-28(29(36)27-35)11-5-10-26-9-4-8-25-7-3-6-24/h14-23,25-26,30-35H,3-13,24H2,1-2H3/p-1/b29-27-/t14-,15-,16-,17+,18-,19-,20-,21-,22?,23-/m1/s1. The second kappa shape index (κ2) is 18.1. The van der Waals surface area contributed by atoms with Gasteiger partial charge in [-0.05, 0) is 64.2 Å². The second-order valence-corrected chi connectivity index (χ2v) is 9.96. The van der Waals surface area contributed by atoms with E-state index < -0.39 is 67.8 Å². The second-order valence-electron chi connectivity index (χ2n) is 9.96. The fraction of sp³-hybridized carbons (Fsp3) is 1.00. The van der Waals surface area contributed by atoms with Gasteiger partial charge in [-0.1, -0.05) is 0 Å². The molecular weight excluding hydrogens is 536 g/mol. The van der Waals surface area contributed by atoms with Crippen LogP contribution in [0.5, 0.6) is 0 Å². The van der Waals surface area contributed by atoms with Crippen LogP contribution in [0.4, 0.5) is 0 Å². The number of rotatable bonds is 18. The predicted octanol–water partition coefficient (Wildman–Crippen LogP) is -3.68. The van der Waals surface area contributed by atoms with Gasteiger partial charge in [0.1, 0.15) is 55.4 Å². The van der Waals surface area contributed by atoms with E-state index in [0.717, 1.165) is 37.5 Å². The third-order valence-corrected chi connectivity index (χ3v) is 7.04. The predicted molar refractivity (Wildman–Crippen MR) is 139 cm³/mol. The maximum absolute atomic E-state index is 12.2. The zero-order valence-electron chi connectivity index (χ0n) is 23.2. The van der Waals surface area contributed by atoms with Crippen LogP contribution in [-0.4, -0.2) is 156 Å². The molecule has 0 aromatic heterocycles.